The molecule has 1 unspecified atom stereocenters. The van der Waals surface area contributed by atoms with Crippen LogP contribution in [0.5, 0.6) is 0 Å². The van der Waals surface area contributed by atoms with Gasteiger partial charge < -0.3 is 5.32 Å². The molecule has 1 N–H and O–H groups in total. The van der Waals surface area contributed by atoms with Gasteiger partial charge in [-0.2, -0.15) is 0 Å². The Bertz CT molecular complexity index is 715. The topological polar surface area (TPSA) is 29.1 Å². The van der Waals surface area contributed by atoms with Crippen LogP contribution in [0.3, 0.4) is 0 Å². The van der Waals surface area contributed by atoms with E-state index in [9.17, 15) is 9.18 Å². The molecule has 122 valence electrons. The van der Waals surface area contributed by atoms with E-state index >= 15 is 0 Å². The highest BCUT2D eigenvalue weighted by Gasteiger charge is 2.16. The van der Waals surface area contributed by atoms with Gasteiger partial charge in [-0.15, -0.1) is 0 Å². The van der Waals surface area contributed by atoms with Gasteiger partial charge in [0, 0.05) is 5.02 Å². The number of nitrogens with one attached hydrogen (secondary N) is 1. The second-order valence-corrected chi connectivity index (χ2v) is 6.24. The van der Waals surface area contributed by atoms with Crippen molar-refractivity contribution >= 4 is 17.5 Å². The highest BCUT2D eigenvalue weighted by atomic mass is 35.5. The van der Waals surface area contributed by atoms with Gasteiger partial charge in [-0.3, -0.25) is 4.79 Å². The molecule has 0 aromatic heterocycles. The minimum Gasteiger partial charge on any atom is -0.349 e. The Labute approximate surface area is 141 Å². The van der Waals surface area contributed by atoms with Crippen molar-refractivity contribution < 1.29 is 9.18 Å². The number of benzene rings is 2. The average molecular weight is 334 g/mol. The van der Waals surface area contributed by atoms with E-state index in [2.05, 4.69) is 11.4 Å². The molecule has 2 rings (SSSR count). The van der Waals surface area contributed by atoms with Crippen molar-refractivity contribution in [1.82, 2.24) is 5.32 Å². The summed E-state index contributed by atoms with van der Waals surface area (Å²) in [4.78, 5) is 12.3. The summed E-state index contributed by atoms with van der Waals surface area (Å²) in [5.74, 6) is -0.648. The molecule has 0 saturated carbocycles. The summed E-state index contributed by atoms with van der Waals surface area (Å²) in [6.45, 7) is 6.10. The summed E-state index contributed by atoms with van der Waals surface area (Å²) in [6.07, 6.45) is 0.781. The van der Waals surface area contributed by atoms with Crippen molar-refractivity contribution in [2.24, 2.45) is 0 Å². The minimum atomic E-state index is -0.452. The van der Waals surface area contributed by atoms with Crippen LogP contribution in [0.2, 0.25) is 5.02 Å². The van der Waals surface area contributed by atoms with Crippen molar-refractivity contribution in [1.29, 1.82) is 0 Å². The third-order valence-corrected chi connectivity index (χ3v) is 4.15. The minimum absolute atomic E-state index is 0.00438. The zero-order chi connectivity index (χ0) is 17.0. The first kappa shape index (κ1) is 17.5. The Morgan fingerprint density at radius 3 is 2.57 bits per heavy atom. The monoisotopic (exact) mass is 333 g/mol. The SMILES string of the molecule is CCC(NC(=O)Cc1ccc(Cl)cc1F)c1ccc(C)cc1C. The van der Waals surface area contributed by atoms with Crippen molar-refractivity contribution in [3.8, 4) is 0 Å². The molecule has 0 bridgehead atoms. The average Bonchev–Trinajstić information content (AvgIpc) is 2.48. The molecule has 0 radical (unpaired) electrons. The zero-order valence-electron chi connectivity index (χ0n) is 13.6. The molecule has 2 aromatic rings. The van der Waals surface area contributed by atoms with Crippen LogP contribution >= 0.6 is 11.6 Å². The third-order valence-electron chi connectivity index (χ3n) is 3.91. The Balaban J connectivity index is 2.10. The van der Waals surface area contributed by atoms with Gasteiger partial charge in [0.1, 0.15) is 5.82 Å². The van der Waals surface area contributed by atoms with Crippen LogP contribution in [0.1, 0.15) is 41.6 Å². The quantitative estimate of drug-likeness (QED) is 0.828. The molecule has 0 fully saturated rings. The van der Waals surface area contributed by atoms with Crippen LogP contribution in [0.25, 0.3) is 0 Å². The maximum atomic E-state index is 13.8. The van der Waals surface area contributed by atoms with Crippen LogP contribution in [0, 0.1) is 19.7 Å². The molecule has 1 atom stereocenters. The van der Waals surface area contributed by atoms with Crippen molar-refractivity contribution in [3.05, 3.63) is 69.5 Å². The smallest absolute Gasteiger partial charge is 0.225 e. The first-order valence-electron chi connectivity index (χ1n) is 7.71. The van der Waals surface area contributed by atoms with Crippen LogP contribution in [0.15, 0.2) is 36.4 Å². The van der Waals surface area contributed by atoms with E-state index in [1.165, 1.54) is 11.6 Å². The fourth-order valence-electron chi connectivity index (χ4n) is 2.70. The molecule has 1 amide bonds. The first-order valence-corrected chi connectivity index (χ1v) is 8.09. The van der Waals surface area contributed by atoms with Gasteiger partial charge in [0.05, 0.1) is 12.5 Å². The Morgan fingerprint density at radius 2 is 1.96 bits per heavy atom. The summed E-state index contributed by atoms with van der Waals surface area (Å²) in [5, 5.41) is 3.32. The first-order chi connectivity index (χ1) is 10.9. The standard InChI is InChI=1S/C19H21ClFNO/c1-4-18(16-8-5-12(2)9-13(16)3)22-19(23)10-14-6-7-15(20)11-17(14)21/h5-9,11,18H,4,10H2,1-3H3,(H,22,23). The number of hydrogen-bond acceptors (Lipinski definition) is 1. The van der Waals surface area contributed by atoms with Crippen molar-refractivity contribution in [3.63, 3.8) is 0 Å². The van der Waals surface area contributed by atoms with Gasteiger partial charge in [0.2, 0.25) is 5.91 Å². The molecular formula is C19H21ClFNO. The normalized spacial score (nSPS) is 12.0. The number of carbonyl (C=O) groups is 1. The fraction of sp³-hybridized carbons (Fsp3) is 0.316. The van der Waals surface area contributed by atoms with Gasteiger partial charge in [0.15, 0.2) is 0 Å². The predicted octanol–water partition coefficient (Wildman–Crippen LogP) is 4.91. The van der Waals surface area contributed by atoms with E-state index < -0.39 is 5.82 Å². The lowest BCUT2D eigenvalue weighted by atomic mass is 9.97. The van der Waals surface area contributed by atoms with E-state index in [0.717, 1.165) is 17.5 Å². The second-order valence-electron chi connectivity index (χ2n) is 5.80. The lowest BCUT2D eigenvalue weighted by Gasteiger charge is -2.20. The maximum absolute atomic E-state index is 13.8. The van der Waals surface area contributed by atoms with E-state index in [-0.39, 0.29) is 18.4 Å². The number of halogens is 2. The number of amides is 1. The van der Waals surface area contributed by atoms with Crippen LogP contribution in [0.4, 0.5) is 4.39 Å². The highest BCUT2D eigenvalue weighted by molar-refractivity contribution is 6.30. The number of carbonyl (C=O) groups excluding carboxylic acids is 1. The summed E-state index contributed by atoms with van der Waals surface area (Å²) >= 11 is 5.73. The van der Waals surface area contributed by atoms with Gasteiger partial charge in [-0.25, -0.2) is 4.39 Å². The van der Waals surface area contributed by atoms with Gasteiger partial charge in [0.25, 0.3) is 0 Å². The van der Waals surface area contributed by atoms with E-state index in [1.807, 2.05) is 32.9 Å². The molecule has 0 aliphatic heterocycles. The second kappa shape index (κ2) is 7.60. The summed E-state index contributed by atoms with van der Waals surface area (Å²) < 4.78 is 13.8. The third kappa shape index (κ3) is 4.55. The molecule has 2 aromatic carbocycles. The molecule has 0 aliphatic rings. The van der Waals surface area contributed by atoms with Crippen molar-refractivity contribution in [2.45, 2.75) is 39.7 Å². The lowest BCUT2D eigenvalue weighted by Crippen LogP contribution is -2.30. The fourth-order valence-corrected chi connectivity index (χ4v) is 2.86. The molecule has 0 aliphatic carbocycles. The number of aryl methyl sites for hydroxylation is 2. The maximum Gasteiger partial charge on any atom is 0.225 e. The molecule has 2 nitrogen and oxygen atoms in total. The van der Waals surface area contributed by atoms with Crippen molar-refractivity contribution in [2.75, 3.05) is 0 Å². The van der Waals surface area contributed by atoms with Gasteiger partial charge >= 0.3 is 0 Å². The van der Waals surface area contributed by atoms with E-state index in [1.54, 1.807) is 12.1 Å². The molecule has 0 heterocycles. The van der Waals surface area contributed by atoms with E-state index in [4.69, 9.17) is 11.6 Å². The molecule has 0 saturated heterocycles. The van der Waals surface area contributed by atoms with Crippen LogP contribution in [-0.2, 0) is 11.2 Å². The molecule has 0 spiro atoms. The van der Waals surface area contributed by atoms with E-state index in [0.29, 0.717) is 10.6 Å². The number of hydrogen-bond donors (Lipinski definition) is 1. The molecular weight excluding hydrogens is 313 g/mol. The summed E-state index contributed by atoms with van der Waals surface area (Å²) in [6, 6.07) is 10.5. The van der Waals surface area contributed by atoms with Crippen LogP contribution in [-0.4, -0.2) is 5.91 Å². The number of rotatable bonds is 5. The zero-order valence-corrected chi connectivity index (χ0v) is 14.4. The predicted molar refractivity (Wildman–Crippen MR) is 92.2 cm³/mol. The largest absolute Gasteiger partial charge is 0.349 e. The van der Waals surface area contributed by atoms with Crippen LogP contribution < -0.4 is 5.32 Å². The Kier molecular flexibility index (Phi) is 5.78. The summed E-state index contributed by atoms with van der Waals surface area (Å²) in [7, 11) is 0. The highest BCUT2D eigenvalue weighted by Crippen LogP contribution is 2.22. The summed E-state index contributed by atoms with van der Waals surface area (Å²) in [5.41, 5.74) is 3.79. The molecule has 23 heavy (non-hydrogen) atoms. The Morgan fingerprint density at radius 1 is 1.22 bits per heavy atom. The molecule has 4 heteroatoms. The van der Waals surface area contributed by atoms with Gasteiger partial charge in [-0.05, 0) is 49.1 Å². The Hall–Kier alpha value is -1.87. The lowest BCUT2D eigenvalue weighted by molar-refractivity contribution is -0.121. The van der Waals surface area contributed by atoms with Gasteiger partial charge in [-0.1, -0.05) is 48.4 Å².